The van der Waals surface area contributed by atoms with Crippen LogP contribution in [0.2, 0.25) is 0 Å². The number of nitrogens with one attached hydrogen (secondary N) is 2. The van der Waals surface area contributed by atoms with Crippen LogP contribution in [0.4, 0.5) is 11.4 Å². The molecule has 0 unspecified atom stereocenters. The fraction of sp³-hybridized carbons (Fsp3) is 0.391. The summed E-state index contributed by atoms with van der Waals surface area (Å²) in [5.74, 6) is -0.234. The molecule has 0 radical (unpaired) electrons. The van der Waals surface area contributed by atoms with E-state index in [9.17, 15) is 18.0 Å². The number of sulfonamides is 1. The van der Waals surface area contributed by atoms with E-state index in [1.165, 1.54) is 24.3 Å². The third kappa shape index (κ3) is 6.53. The Morgan fingerprint density at radius 3 is 2.45 bits per heavy atom. The molecule has 1 atom stereocenters. The van der Waals surface area contributed by atoms with E-state index in [0.29, 0.717) is 36.8 Å². The molecule has 2 aromatic carbocycles. The molecule has 9 nitrogen and oxygen atoms in total. The van der Waals surface area contributed by atoms with Gasteiger partial charge in [0, 0.05) is 44.1 Å². The Labute approximate surface area is 194 Å². The van der Waals surface area contributed by atoms with Crippen molar-refractivity contribution in [3.8, 4) is 5.75 Å². The summed E-state index contributed by atoms with van der Waals surface area (Å²) in [4.78, 5) is 26.8. The Hall–Kier alpha value is -2.95. The van der Waals surface area contributed by atoms with Crippen LogP contribution >= 0.6 is 0 Å². The van der Waals surface area contributed by atoms with Crippen LogP contribution in [0.5, 0.6) is 5.75 Å². The number of methoxy groups -OCH3 is 1. The highest BCUT2D eigenvalue weighted by atomic mass is 32.2. The van der Waals surface area contributed by atoms with Crippen LogP contribution in [-0.4, -0.2) is 53.6 Å². The van der Waals surface area contributed by atoms with Crippen LogP contribution in [0, 0.1) is 5.92 Å². The lowest BCUT2D eigenvalue weighted by atomic mass is 10.1. The van der Waals surface area contributed by atoms with E-state index >= 15 is 0 Å². The second kappa shape index (κ2) is 11.3. The zero-order valence-electron chi connectivity index (χ0n) is 18.7. The zero-order valence-corrected chi connectivity index (χ0v) is 19.6. The summed E-state index contributed by atoms with van der Waals surface area (Å²) in [5.41, 5.74) is 1.17. The van der Waals surface area contributed by atoms with Gasteiger partial charge in [0.2, 0.25) is 21.8 Å². The summed E-state index contributed by atoms with van der Waals surface area (Å²) in [5, 5.41) is 2.77. The standard InChI is InChI=1S/C23H29N3O6S/c1-3-32-14-4-13-24-33(29,30)21-11-5-18(6-12-21)25-23(28)17-15-22(27)26(16-17)19-7-9-20(31-2)10-8-19/h5-12,17,24H,3-4,13-16H2,1-2H3,(H,25,28)/t17-/m1/s1. The predicted octanol–water partition coefficient (Wildman–Crippen LogP) is 2.39. The smallest absolute Gasteiger partial charge is 0.240 e. The van der Waals surface area contributed by atoms with Gasteiger partial charge in [-0.2, -0.15) is 0 Å². The highest BCUT2D eigenvalue weighted by Crippen LogP contribution is 2.27. The summed E-state index contributed by atoms with van der Waals surface area (Å²) in [7, 11) is -2.07. The lowest BCUT2D eigenvalue weighted by molar-refractivity contribution is -0.122. The first-order valence-electron chi connectivity index (χ1n) is 10.8. The van der Waals surface area contributed by atoms with Crippen LogP contribution in [-0.2, 0) is 24.3 Å². The van der Waals surface area contributed by atoms with Gasteiger partial charge < -0.3 is 19.7 Å². The van der Waals surface area contributed by atoms with E-state index in [-0.39, 0.29) is 36.2 Å². The average Bonchev–Trinajstić information content (AvgIpc) is 3.21. The third-order valence-electron chi connectivity index (χ3n) is 5.27. The molecule has 2 amide bonds. The van der Waals surface area contributed by atoms with Gasteiger partial charge in [0.15, 0.2) is 0 Å². The van der Waals surface area contributed by atoms with Crippen molar-refractivity contribution in [3.05, 3.63) is 48.5 Å². The average molecular weight is 476 g/mol. The Balaban J connectivity index is 1.55. The molecule has 1 saturated heterocycles. The molecule has 178 valence electrons. The summed E-state index contributed by atoms with van der Waals surface area (Å²) in [6, 6.07) is 13.0. The van der Waals surface area contributed by atoms with Crippen LogP contribution in [0.3, 0.4) is 0 Å². The van der Waals surface area contributed by atoms with Crippen molar-refractivity contribution >= 4 is 33.2 Å². The van der Waals surface area contributed by atoms with Gasteiger partial charge in [-0.3, -0.25) is 9.59 Å². The molecule has 3 rings (SSSR count). The SMILES string of the molecule is CCOCCCNS(=O)(=O)c1ccc(NC(=O)[C@@H]2CC(=O)N(c3ccc(OC)cc3)C2)cc1. The molecule has 1 aliphatic rings. The van der Waals surface area contributed by atoms with Crippen molar-refractivity contribution in [2.24, 2.45) is 5.92 Å². The van der Waals surface area contributed by atoms with Gasteiger partial charge in [0.25, 0.3) is 0 Å². The van der Waals surface area contributed by atoms with Gasteiger partial charge in [0.05, 0.1) is 17.9 Å². The van der Waals surface area contributed by atoms with Crippen molar-refractivity contribution in [1.29, 1.82) is 0 Å². The van der Waals surface area contributed by atoms with Crippen molar-refractivity contribution in [1.82, 2.24) is 4.72 Å². The number of amides is 2. The highest BCUT2D eigenvalue weighted by Gasteiger charge is 2.35. The number of hydrogen-bond donors (Lipinski definition) is 2. The van der Waals surface area contributed by atoms with Crippen molar-refractivity contribution in [2.75, 3.05) is 43.6 Å². The lowest BCUT2D eigenvalue weighted by Crippen LogP contribution is -2.28. The second-order valence-electron chi connectivity index (χ2n) is 7.57. The van der Waals surface area contributed by atoms with E-state index in [4.69, 9.17) is 9.47 Å². The first-order valence-corrected chi connectivity index (χ1v) is 12.2. The second-order valence-corrected chi connectivity index (χ2v) is 9.33. The Kier molecular flexibility index (Phi) is 8.43. The van der Waals surface area contributed by atoms with E-state index in [2.05, 4.69) is 10.0 Å². The molecule has 2 N–H and O–H groups in total. The number of benzene rings is 2. The number of carbonyl (C=O) groups excluding carboxylic acids is 2. The minimum atomic E-state index is -3.64. The summed E-state index contributed by atoms with van der Waals surface area (Å²) in [6.45, 7) is 3.51. The van der Waals surface area contributed by atoms with Gasteiger partial charge >= 0.3 is 0 Å². The molecule has 1 heterocycles. The molecule has 0 spiro atoms. The number of anilines is 2. The molecular weight excluding hydrogens is 446 g/mol. The van der Waals surface area contributed by atoms with Crippen LogP contribution in [0.15, 0.2) is 53.4 Å². The molecule has 2 aromatic rings. The molecular formula is C23H29N3O6S. The fourth-order valence-electron chi connectivity index (χ4n) is 3.47. The maximum absolute atomic E-state index is 12.7. The topological polar surface area (TPSA) is 114 Å². The van der Waals surface area contributed by atoms with Gasteiger partial charge in [0.1, 0.15) is 5.75 Å². The summed E-state index contributed by atoms with van der Waals surface area (Å²) < 4.78 is 37.6. The van der Waals surface area contributed by atoms with E-state index < -0.39 is 15.9 Å². The maximum Gasteiger partial charge on any atom is 0.240 e. The normalized spacial score (nSPS) is 16.1. The molecule has 0 aliphatic carbocycles. The zero-order chi connectivity index (χ0) is 23.8. The summed E-state index contributed by atoms with van der Waals surface area (Å²) >= 11 is 0. The van der Waals surface area contributed by atoms with Gasteiger partial charge in [-0.15, -0.1) is 0 Å². The van der Waals surface area contributed by atoms with Gasteiger partial charge in [-0.1, -0.05) is 0 Å². The molecule has 0 aromatic heterocycles. The molecule has 0 saturated carbocycles. The van der Waals surface area contributed by atoms with Crippen molar-refractivity contribution in [3.63, 3.8) is 0 Å². The number of nitrogens with zero attached hydrogens (tertiary/aromatic N) is 1. The molecule has 10 heteroatoms. The van der Waals surface area contributed by atoms with Crippen LogP contribution < -0.4 is 19.7 Å². The van der Waals surface area contributed by atoms with Crippen LogP contribution in [0.1, 0.15) is 19.8 Å². The lowest BCUT2D eigenvalue weighted by Gasteiger charge is -2.17. The molecule has 1 aliphatic heterocycles. The number of ether oxygens (including phenoxy) is 2. The Morgan fingerprint density at radius 2 is 1.82 bits per heavy atom. The first-order chi connectivity index (χ1) is 15.8. The van der Waals surface area contributed by atoms with Crippen molar-refractivity contribution in [2.45, 2.75) is 24.7 Å². The van der Waals surface area contributed by atoms with E-state index in [0.717, 1.165) is 0 Å². The quantitative estimate of drug-likeness (QED) is 0.483. The Bertz CT molecular complexity index is 1050. The maximum atomic E-state index is 12.7. The van der Waals surface area contributed by atoms with E-state index in [1.54, 1.807) is 36.3 Å². The predicted molar refractivity (Wildman–Crippen MR) is 125 cm³/mol. The van der Waals surface area contributed by atoms with Gasteiger partial charge in [-0.25, -0.2) is 13.1 Å². The van der Waals surface area contributed by atoms with Crippen LogP contribution in [0.25, 0.3) is 0 Å². The Morgan fingerprint density at radius 1 is 1.12 bits per heavy atom. The van der Waals surface area contributed by atoms with Crippen molar-refractivity contribution < 1.29 is 27.5 Å². The third-order valence-corrected chi connectivity index (χ3v) is 6.75. The molecule has 1 fully saturated rings. The monoisotopic (exact) mass is 475 g/mol. The first kappa shape index (κ1) is 24.7. The minimum absolute atomic E-state index is 0.107. The molecule has 33 heavy (non-hydrogen) atoms. The number of rotatable bonds is 11. The molecule has 0 bridgehead atoms. The number of hydrogen-bond acceptors (Lipinski definition) is 6. The van der Waals surface area contributed by atoms with Gasteiger partial charge in [-0.05, 0) is 61.9 Å². The minimum Gasteiger partial charge on any atom is -0.497 e. The fourth-order valence-corrected chi connectivity index (χ4v) is 4.54. The largest absolute Gasteiger partial charge is 0.497 e. The highest BCUT2D eigenvalue weighted by molar-refractivity contribution is 7.89. The number of carbonyl (C=O) groups is 2. The van der Waals surface area contributed by atoms with E-state index in [1.807, 2.05) is 6.92 Å². The summed E-state index contributed by atoms with van der Waals surface area (Å²) in [6.07, 6.45) is 0.685.